The highest BCUT2D eigenvalue weighted by Gasteiger charge is 2.30. The number of ether oxygens (including phenoxy) is 1. The highest BCUT2D eigenvalue weighted by Crippen LogP contribution is 2.42. The molecule has 1 aromatic carbocycles. The number of aliphatic hydroxyl groups is 1. The third-order valence-corrected chi connectivity index (χ3v) is 7.65. The Kier molecular flexibility index (Phi) is 7.51. The number of esters is 1. The minimum atomic E-state index is -1.28. The summed E-state index contributed by atoms with van der Waals surface area (Å²) in [5.41, 5.74) is -0.360. The van der Waals surface area contributed by atoms with Crippen molar-refractivity contribution < 1.29 is 24.5 Å². The minimum absolute atomic E-state index is 0.131. The average molecular weight is 568 g/mol. The fraction of sp³-hybridized carbons (Fsp3) is 0.385. The zero-order valence-electron chi connectivity index (χ0n) is 11.5. The number of halogens is 4. The Bertz CT molecular complexity index is 615. The van der Waals surface area contributed by atoms with E-state index in [1.165, 1.54) is 6.92 Å². The molecule has 0 radical (unpaired) electrons. The number of hydrogen-bond acceptors (Lipinski definition) is 4. The lowest BCUT2D eigenvalue weighted by Gasteiger charge is -2.20. The van der Waals surface area contributed by atoms with Gasteiger partial charge < -0.3 is 14.9 Å². The summed E-state index contributed by atoms with van der Waals surface area (Å²) in [6.45, 7) is 3.26. The Morgan fingerprint density at radius 3 is 1.86 bits per heavy atom. The van der Waals surface area contributed by atoms with E-state index in [1.807, 2.05) is 0 Å². The molecule has 22 heavy (non-hydrogen) atoms. The SMILES string of the molecule is CCC(OC(=O)c1c(Br)c(Br)c(Br)c(Br)c1C(=O)O)C(C)O. The molecule has 2 atom stereocenters. The van der Waals surface area contributed by atoms with Crippen LogP contribution >= 0.6 is 63.7 Å². The van der Waals surface area contributed by atoms with E-state index in [4.69, 9.17) is 4.74 Å². The smallest absolute Gasteiger partial charge is 0.340 e. The number of rotatable bonds is 5. The van der Waals surface area contributed by atoms with Crippen LogP contribution in [-0.2, 0) is 4.74 Å². The Balaban J connectivity index is 3.46. The van der Waals surface area contributed by atoms with Crippen molar-refractivity contribution in [3.8, 4) is 0 Å². The summed E-state index contributed by atoms with van der Waals surface area (Å²) < 4.78 is 6.63. The standard InChI is InChI=1S/C13H12Br4O5/c1-3-5(4(2)18)22-13(21)7-6(12(19)20)8(14)10(16)11(17)9(7)15/h4-5,18H,3H2,1-2H3,(H,19,20). The number of carbonyl (C=O) groups excluding carboxylic acids is 1. The summed E-state index contributed by atoms with van der Waals surface area (Å²) in [5, 5.41) is 19.0. The van der Waals surface area contributed by atoms with E-state index in [2.05, 4.69) is 63.7 Å². The number of benzene rings is 1. The Labute approximate surface area is 160 Å². The minimum Gasteiger partial charge on any atom is -0.478 e. The lowest BCUT2D eigenvalue weighted by Crippen LogP contribution is -2.29. The van der Waals surface area contributed by atoms with E-state index in [0.717, 1.165) is 0 Å². The normalized spacial score (nSPS) is 13.6. The Morgan fingerprint density at radius 2 is 1.50 bits per heavy atom. The predicted octanol–water partition coefficient (Wildman–Crippen LogP) is 4.75. The van der Waals surface area contributed by atoms with Crippen LogP contribution in [0.4, 0.5) is 0 Å². The molecule has 0 bridgehead atoms. The molecule has 5 nitrogen and oxygen atoms in total. The molecule has 2 unspecified atom stereocenters. The molecule has 2 N–H and O–H groups in total. The molecule has 1 aromatic rings. The van der Waals surface area contributed by atoms with Crippen molar-refractivity contribution in [2.75, 3.05) is 0 Å². The van der Waals surface area contributed by atoms with E-state index in [9.17, 15) is 19.8 Å². The molecule has 0 spiro atoms. The first-order valence-electron chi connectivity index (χ1n) is 6.11. The van der Waals surface area contributed by atoms with Gasteiger partial charge in [0.25, 0.3) is 0 Å². The van der Waals surface area contributed by atoms with Crippen LogP contribution in [0.2, 0.25) is 0 Å². The second-order valence-electron chi connectivity index (χ2n) is 4.40. The van der Waals surface area contributed by atoms with Crippen molar-refractivity contribution >= 4 is 75.7 Å². The van der Waals surface area contributed by atoms with Gasteiger partial charge >= 0.3 is 11.9 Å². The molecule has 122 valence electrons. The van der Waals surface area contributed by atoms with E-state index in [1.54, 1.807) is 6.92 Å². The van der Waals surface area contributed by atoms with Crippen LogP contribution < -0.4 is 0 Å². The lowest BCUT2D eigenvalue weighted by atomic mass is 10.1. The van der Waals surface area contributed by atoms with Gasteiger partial charge in [0.1, 0.15) is 6.10 Å². The monoisotopic (exact) mass is 564 g/mol. The zero-order chi connectivity index (χ0) is 17.2. The highest BCUT2D eigenvalue weighted by molar-refractivity contribution is 9.15. The van der Waals surface area contributed by atoms with Crippen molar-refractivity contribution in [1.29, 1.82) is 0 Å². The molecule has 0 amide bonds. The van der Waals surface area contributed by atoms with Crippen molar-refractivity contribution in [1.82, 2.24) is 0 Å². The van der Waals surface area contributed by atoms with Crippen molar-refractivity contribution in [3.63, 3.8) is 0 Å². The molecule has 0 aromatic heterocycles. The van der Waals surface area contributed by atoms with E-state index >= 15 is 0 Å². The third kappa shape index (κ3) is 4.11. The molecule has 0 aliphatic carbocycles. The molecule has 0 saturated heterocycles. The summed E-state index contributed by atoms with van der Waals surface area (Å²) >= 11 is 12.9. The van der Waals surface area contributed by atoms with Crippen LogP contribution in [0.5, 0.6) is 0 Å². The predicted molar refractivity (Wildman–Crippen MR) is 95.4 cm³/mol. The van der Waals surface area contributed by atoms with Crippen molar-refractivity contribution in [3.05, 3.63) is 29.0 Å². The maximum absolute atomic E-state index is 12.4. The molecule has 1 rings (SSSR count). The second-order valence-corrected chi connectivity index (χ2v) is 7.58. The number of aliphatic hydroxyl groups excluding tert-OH is 1. The summed E-state index contributed by atoms with van der Waals surface area (Å²) in [5.74, 6) is -2.11. The summed E-state index contributed by atoms with van der Waals surface area (Å²) in [6, 6.07) is 0. The number of carboxylic acids is 1. The lowest BCUT2D eigenvalue weighted by molar-refractivity contribution is -0.0137. The number of carbonyl (C=O) groups is 2. The fourth-order valence-corrected chi connectivity index (χ4v) is 4.19. The molecular formula is C13H12Br4O5. The largest absolute Gasteiger partial charge is 0.478 e. The molecule has 0 aliphatic rings. The van der Waals surface area contributed by atoms with Gasteiger partial charge in [-0.25, -0.2) is 9.59 Å². The zero-order valence-corrected chi connectivity index (χ0v) is 17.8. The van der Waals surface area contributed by atoms with Gasteiger partial charge in [0, 0.05) is 17.9 Å². The third-order valence-electron chi connectivity index (χ3n) is 2.88. The van der Waals surface area contributed by atoms with Crippen molar-refractivity contribution in [2.45, 2.75) is 32.5 Å². The molecule has 0 aliphatic heterocycles. The number of carboxylic acid groups (broad SMARTS) is 1. The molecule has 0 heterocycles. The van der Waals surface area contributed by atoms with Gasteiger partial charge in [-0.15, -0.1) is 0 Å². The van der Waals surface area contributed by atoms with Crippen LogP contribution in [0.1, 0.15) is 41.0 Å². The average Bonchev–Trinajstić information content (AvgIpc) is 2.44. The van der Waals surface area contributed by atoms with E-state index in [-0.39, 0.29) is 20.1 Å². The van der Waals surface area contributed by atoms with Gasteiger partial charge in [-0.2, -0.15) is 0 Å². The van der Waals surface area contributed by atoms with Crippen LogP contribution in [0, 0.1) is 0 Å². The summed E-state index contributed by atoms with van der Waals surface area (Å²) in [7, 11) is 0. The number of aromatic carboxylic acids is 1. The number of hydrogen-bond donors (Lipinski definition) is 2. The van der Waals surface area contributed by atoms with E-state index in [0.29, 0.717) is 15.4 Å². The topological polar surface area (TPSA) is 83.8 Å². The van der Waals surface area contributed by atoms with Gasteiger partial charge in [0.2, 0.25) is 0 Å². The van der Waals surface area contributed by atoms with Gasteiger partial charge in [-0.3, -0.25) is 0 Å². The van der Waals surface area contributed by atoms with Gasteiger partial charge in [-0.1, -0.05) is 6.92 Å². The van der Waals surface area contributed by atoms with Crippen LogP contribution in [-0.4, -0.2) is 34.4 Å². The first kappa shape index (κ1) is 20.1. The first-order valence-corrected chi connectivity index (χ1v) is 9.28. The highest BCUT2D eigenvalue weighted by atomic mass is 79.9. The first-order chi connectivity index (χ1) is 10.1. The van der Waals surface area contributed by atoms with Crippen LogP contribution in [0.15, 0.2) is 17.9 Å². The molecular weight excluding hydrogens is 556 g/mol. The van der Waals surface area contributed by atoms with Gasteiger partial charge in [0.05, 0.1) is 17.2 Å². The van der Waals surface area contributed by atoms with Gasteiger partial charge in [0.15, 0.2) is 0 Å². The van der Waals surface area contributed by atoms with Crippen LogP contribution in [0.3, 0.4) is 0 Å². The maximum Gasteiger partial charge on any atom is 0.340 e. The summed E-state index contributed by atoms with van der Waals surface area (Å²) in [6.07, 6.45) is -1.17. The fourth-order valence-electron chi connectivity index (χ4n) is 1.74. The molecule has 0 fully saturated rings. The quantitative estimate of drug-likeness (QED) is 0.305. The Morgan fingerprint density at radius 1 is 1.05 bits per heavy atom. The van der Waals surface area contributed by atoms with Crippen molar-refractivity contribution in [2.24, 2.45) is 0 Å². The molecule has 9 heteroatoms. The second kappa shape index (κ2) is 8.23. The maximum atomic E-state index is 12.4. The van der Waals surface area contributed by atoms with Gasteiger partial charge in [-0.05, 0) is 77.1 Å². The molecule has 0 saturated carbocycles. The van der Waals surface area contributed by atoms with E-state index < -0.39 is 24.1 Å². The van der Waals surface area contributed by atoms with Crippen LogP contribution in [0.25, 0.3) is 0 Å². The Hall–Kier alpha value is 0.0400. The summed E-state index contributed by atoms with van der Waals surface area (Å²) in [4.78, 5) is 23.9.